The van der Waals surface area contributed by atoms with Crippen molar-refractivity contribution in [3.8, 4) is 0 Å². The smallest absolute Gasteiger partial charge is 0.0815 e. The van der Waals surface area contributed by atoms with E-state index in [1.165, 1.54) is 11.1 Å². The van der Waals surface area contributed by atoms with E-state index >= 15 is 0 Å². The van der Waals surface area contributed by atoms with Gasteiger partial charge >= 0.3 is 0 Å². The van der Waals surface area contributed by atoms with E-state index in [-0.39, 0.29) is 12.2 Å². The molecule has 16 heavy (non-hydrogen) atoms. The molecule has 1 aromatic carbocycles. The molecule has 1 fully saturated rings. The number of benzene rings is 1. The number of hydrogen-bond acceptors (Lipinski definition) is 2. The Balaban J connectivity index is 2.04. The summed E-state index contributed by atoms with van der Waals surface area (Å²) >= 11 is 0. The lowest BCUT2D eigenvalue weighted by Gasteiger charge is -2.16. The molecule has 0 aromatic heterocycles. The highest BCUT2D eigenvalue weighted by Gasteiger charge is 2.20. The zero-order valence-electron chi connectivity index (χ0n) is 10.1. The lowest BCUT2D eigenvalue weighted by Crippen LogP contribution is -2.11. The molecule has 2 rings (SSSR count). The average molecular weight is 220 g/mol. The third-order valence-electron chi connectivity index (χ3n) is 3.14. The number of aliphatic hydroxyl groups is 1. The third kappa shape index (κ3) is 2.83. The van der Waals surface area contributed by atoms with E-state index in [2.05, 4.69) is 32.0 Å². The molecule has 88 valence electrons. The summed E-state index contributed by atoms with van der Waals surface area (Å²) in [6.07, 6.45) is 2.80. The summed E-state index contributed by atoms with van der Waals surface area (Å²) in [5.74, 6) is 0. The van der Waals surface area contributed by atoms with Crippen molar-refractivity contribution in [3.63, 3.8) is 0 Å². The van der Waals surface area contributed by atoms with Gasteiger partial charge in [-0.25, -0.2) is 0 Å². The third-order valence-corrected chi connectivity index (χ3v) is 3.14. The number of aryl methyl sites for hydroxylation is 2. The molecule has 2 nitrogen and oxygen atoms in total. The van der Waals surface area contributed by atoms with Crippen LogP contribution in [-0.2, 0) is 4.74 Å². The second-order valence-corrected chi connectivity index (χ2v) is 4.81. The summed E-state index contributed by atoms with van der Waals surface area (Å²) < 4.78 is 5.55. The zero-order valence-corrected chi connectivity index (χ0v) is 10.1. The van der Waals surface area contributed by atoms with Gasteiger partial charge in [-0.3, -0.25) is 0 Å². The Morgan fingerprint density at radius 3 is 2.56 bits per heavy atom. The van der Waals surface area contributed by atoms with Crippen LogP contribution in [0.5, 0.6) is 0 Å². The summed E-state index contributed by atoms with van der Waals surface area (Å²) in [5, 5.41) is 10.1. The van der Waals surface area contributed by atoms with E-state index < -0.39 is 0 Å². The first kappa shape index (κ1) is 11.6. The molecule has 0 radical (unpaired) electrons. The van der Waals surface area contributed by atoms with Crippen molar-refractivity contribution in [2.45, 2.75) is 45.3 Å². The lowest BCUT2D eigenvalue weighted by molar-refractivity contribution is 0.0534. The van der Waals surface area contributed by atoms with Crippen molar-refractivity contribution in [2.75, 3.05) is 6.61 Å². The van der Waals surface area contributed by atoms with Crippen molar-refractivity contribution in [3.05, 3.63) is 34.9 Å². The Kier molecular flexibility index (Phi) is 3.62. The van der Waals surface area contributed by atoms with Crippen LogP contribution in [0, 0.1) is 13.8 Å². The zero-order chi connectivity index (χ0) is 11.5. The maximum atomic E-state index is 10.1. The van der Waals surface area contributed by atoms with Crippen LogP contribution in [0.1, 0.15) is 42.1 Å². The van der Waals surface area contributed by atoms with Crippen LogP contribution in [0.25, 0.3) is 0 Å². The molecule has 0 saturated carbocycles. The van der Waals surface area contributed by atoms with Crippen LogP contribution in [0.15, 0.2) is 18.2 Å². The van der Waals surface area contributed by atoms with E-state index in [0.29, 0.717) is 0 Å². The topological polar surface area (TPSA) is 29.5 Å². The highest BCUT2D eigenvalue weighted by Crippen LogP contribution is 2.26. The van der Waals surface area contributed by atoms with Crippen molar-refractivity contribution < 1.29 is 9.84 Å². The van der Waals surface area contributed by atoms with E-state index in [1.807, 2.05) is 0 Å². The number of ether oxygens (including phenoxy) is 1. The normalized spacial score (nSPS) is 22.3. The molecule has 0 spiro atoms. The van der Waals surface area contributed by atoms with Crippen LogP contribution < -0.4 is 0 Å². The summed E-state index contributed by atoms with van der Waals surface area (Å²) in [6.45, 7) is 4.98. The van der Waals surface area contributed by atoms with Gasteiger partial charge in [0.2, 0.25) is 0 Å². The molecule has 0 aliphatic carbocycles. The lowest BCUT2D eigenvalue weighted by atomic mass is 9.98. The van der Waals surface area contributed by atoms with E-state index in [9.17, 15) is 5.11 Å². The number of hydrogen-bond donors (Lipinski definition) is 1. The molecule has 1 N–H and O–H groups in total. The Morgan fingerprint density at radius 2 is 2.00 bits per heavy atom. The van der Waals surface area contributed by atoms with E-state index in [4.69, 9.17) is 4.74 Å². The van der Waals surface area contributed by atoms with Crippen LogP contribution in [-0.4, -0.2) is 17.8 Å². The Morgan fingerprint density at radius 1 is 1.31 bits per heavy atom. The first-order valence-corrected chi connectivity index (χ1v) is 6.03. The number of rotatable bonds is 3. The quantitative estimate of drug-likeness (QED) is 0.848. The van der Waals surface area contributed by atoms with Gasteiger partial charge in [-0.2, -0.15) is 0 Å². The SMILES string of the molecule is Cc1cc(C)cc(C(O)CC2CCCO2)c1. The Bertz CT molecular complexity index is 334. The van der Waals surface area contributed by atoms with Gasteiger partial charge in [0.05, 0.1) is 12.2 Å². The summed E-state index contributed by atoms with van der Waals surface area (Å²) in [6, 6.07) is 6.25. The van der Waals surface area contributed by atoms with Crippen LogP contribution in [0.2, 0.25) is 0 Å². The first-order valence-electron chi connectivity index (χ1n) is 6.03. The van der Waals surface area contributed by atoms with Crippen molar-refractivity contribution in [1.29, 1.82) is 0 Å². The molecule has 2 heteroatoms. The minimum atomic E-state index is -0.387. The van der Waals surface area contributed by atoms with Gasteiger partial charge in [0, 0.05) is 13.0 Å². The largest absolute Gasteiger partial charge is 0.388 e. The summed E-state index contributed by atoms with van der Waals surface area (Å²) in [4.78, 5) is 0. The van der Waals surface area contributed by atoms with Gasteiger partial charge in [-0.15, -0.1) is 0 Å². The second-order valence-electron chi connectivity index (χ2n) is 4.81. The van der Waals surface area contributed by atoms with Crippen molar-refractivity contribution in [2.24, 2.45) is 0 Å². The monoisotopic (exact) mass is 220 g/mol. The fourth-order valence-corrected chi connectivity index (χ4v) is 2.42. The maximum Gasteiger partial charge on any atom is 0.0815 e. The summed E-state index contributed by atoms with van der Waals surface area (Å²) in [7, 11) is 0. The maximum absolute atomic E-state index is 10.1. The molecule has 1 aliphatic rings. The predicted octanol–water partition coefficient (Wildman–Crippen LogP) is 2.91. The predicted molar refractivity (Wildman–Crippen MR) is 64.5 cm³/mol. The minimum absolute atomic E-state index is 0.246. The van der Waals surface area contributed by atoms with Crippen molar-refractivity contribution >= 4 is 0 Å². The molecule has 2 atom stereocenters. The van der Waals surface area contributed by atoms with Gasteiger partial charge in [0.15, 0.2) is 0 Å². The highest BCUT2D eigenvalue weighted by atomic mass is 16.5. The van der Waals surface area contributed by atoms with Gasteiger partial charge in [-0.1, -0.05) is 29.3 Å². The standard InChI is InChI=1S/C14H20O2/c1-10-6-11(2)8-12(7-10)14(15)9-13-4-3-5-16-13/h6-8,13-15H,3-5,9H2,1-2H3. The molecular formula is C14H20O2. The van der Waals surface area contributed by atoms with Crippen LogP contribution in [0.4, 0.5) is 0 Å². The first-order chi connectivity index (χ1) is 7.65. The molecule has 1 heterocycles. The molecule has 2 unspecified atom stereocenters. The van der Waals surface area contributed by atoms with Crippen LogP contribution in [0.3, 0.4) is 0 Å². The van der Waals surface area contributed by atoms with E-state index in [0.717, 1.165) is 31.4 Å². The van der Waals surface area contributed by atoms with Gasteiger partial charge < -0.3 is 9.84 Å². The van der Waals surface area contributed by atoms with Crippen LogP contribution >= 0.6 is 0 Å². The van der Waals surface area contributed by atoms with Gasteiger partial charge in [0.25, 0.3) is 0 Å². The Labute approximate surface area is 97.3 Å². The Hall–Kier alpha value is -0.860. The molecule has 0 amide bonds. The molecule has 1 aromatic rings. The van der Waals surface area contributed by atoms with E-state index in [1.54, 1.807) is 0 Å². The fourth-order valence-electron chi connectivity index (χ4n) is 2.42. The van der Waals surface area contributed by atoms with Crippen molar-refractivity contribution in [1.82, 2.24) is 0 Å². The van der Waals surface area contributed by atoms with Gasteiger partial charge in [-0.05, 0) is 32.3 Å². The minimum Gasteiger partial charge on any atom is -0.388 e. The molecule has 1 aliphatic heterocycles. The second kappa shape index (κ2) is 4.98. The van der Waals surface area contributed by atoms with Gasteiger partial charge in [0.1, 0.15) is 0 Å². The fraction of sp³-hybridized carbons (Fsp3) is 0.571. The average Bonchev–Trinajstić information content (AvgIpc) is 2.68. The molecule has 0 bridgehead atoms. The number of aliphatic hydroxyl groups excluding tert-OH is 1. The highest BCUT2D eigenvalue weighted by molar-refractivity contribution is 5.29. The summed E-state index contributed by atoms with van der Waals surface area (Å²) in [5.41, 5.74) is 3.44. The molecule has 1 saturated heterocycles. The molecular weight excluding hydrogens is 200 g/mol.